The van der Waals surface area contributed by atoms with E-state index in [-0.39, 0.29) is 0 Å². The monoisotopic (exact) mass is 290 g/mol. The molecule has 0 bridgehead atoms. The maximum Gasteiger partial charge on any atom is 0.126 e. The lowest BCUT2D eigenvalue weighted by atomic mass is 10.1. The van der Waals surface area contributed by atoms with Gasteiger partial charge in [-0.05, 0) is 25.1 Å². The summed E-state index contributed by atoms with van der Waals surface area (Å²) in [5, 5.41) is 9.51. The Balaban J connectivity index is 2.86. The Hall–Kier alpha value is -0.510. The molecule has 1 N–H and O–H groups in total. The Morgan fingerprint density at radius 3 is 2.93 bits per heavy atom. The Labute approximate surface area is 103 Å². The molecule has 0 unspecified atom stereocenters. The molecule has 0 amide bonds. The van der Waals surface area contributed by atoms with E-state index in [0.717, 1.165) is 10.0 Å². The average molecular weight is 292 g/mol. The molecule has 15 heavy (non-hydrogen) atoms. The van der Waals surface area contributed by atoms with Crippen molar-refractivity contribution in [2.24, 2.45) is 0 Å². The van der Waals surface area contributed by atoms with Gasteiger partial charge in [0.15, 0.2) is 0 Å². The van der Waals surface area contributed by atoms with Crippen LogP contribution in [0.2, 0.25) is 0 Å². The Morgan fingerprint density at radius 2 is 2.33 bits per heavy atom. The molecule has 0 aromatic heterocycles. The van der Waals surface area contributed by atoms with Gasteiger partial charge in [0.1, 0.15) is 12.4 Å². The van der Waals surface area contributed by atoms with Crippen LogP contribution < -0.4 is 4.74 Å². The lowest BCUT2D eigenvalue weighted by Crippen LogP contribution is -2.00. The molecular formula is C11H12BrClO2. The second-order valence-electron chi connectivity index (χ2n) is 3.03. The lowest BCUT2D eigenvalue weighted by Gasteiger charge is -2.12. The van der Waals surface area contributed by atoms with Crippen LogP contribution in [0.5, 0.6) is 5.75 Å². The number of rotatable bonds is 4. The van der Waals surface area contributed by atoms with Gasteiger partial charge in [-0.15, -0.1) is 0 Å². The Kier molecular flexibility index (Phi) is 5.15. The molecule has 0 spiro atoms. The first-order chi connectivity index (χ1) is 7.15. The van der Waals surface area contributed by atoms with E-state index >= 15 is 0 Å². The summed E-state index contributed by atoms with van der Waals surface area (Å²) in [4.78, 5) is 0. The molecule has 0 aliphatic carbocycles. The second-order valence-corrected chi connectivity index (χ2v) is 4.20. The fourth-order valence-corrected chi connectivity index (χ4v) is 1.57. The average Bonchev–Trinajstić information content (AvgIpc) is 2.18. The summed E-state index contributed by atoms with van der Waals surface area (Å²) in [5.74, 6) is 0.661. The van der Waals surface area contributed by atoms with Crippen LogP contribution in [0, 0.1) is 0 Å². The zero-order valence-corrected chi connectivity index (χ0v) is 10.6. The highest BCUT2D eigenvalue weighted by Crippen LogP contribution is 2.28. The van der Waals surface area contributed by atoms with E-state index in [2.05, 4.69) is 15.9 Å². The summed E-state index contributed by atoms with van der Waals surface area (Å²) in [5.41, 5.74) is 2.17. The largest absolute Gasteiger partial charge is 0.489 e. The van der Waals surface area contributed by atoms with Gasteiger partial charge in [0, 0.05) is 15.6 Å². The number of halogens is 2. The summed E-state index contributed by atoms with van der Waals surface area (Å²) in [6, 6.07) is 5.52. The molecular weight excluding hydrogens is 279 g/mol. The fraction of sp³-hybridized carbons (Fsp3) is 0.273. The predicted molar refractivity (Wildman–Crippen MR) is 65.3 cm³/mol. The van der Waals surface area contributed by atoms with E-state index in [1.165, 1.54) is 5.54 Å². The first kappa shape index (κ1) is 12.6. The summed E-state index contributed by atoms with van der Waals surface area (Å²) < 4.78 is 6.37. The molecule has 2 nitrogen and oxygen atoms in total. The number of aliphatic hydroxyl groups excluding tert-OH is 1. The van der Waals surface area contributed by atoms with Gasteiger partial charge in [-0.1, -0.05) is 33.6 Å². The third-order valence-electron chi connectivity index (χ3n) is 1.85. The number of hydrogen-bond donors (Lipinski definition) is 1. The minimum Gasteiger partial charge on any atom is -0.489 e. The number of aliphatic hydroxyl groups is 1. The fourth-order valence-electron chi connectivity index (χ4n) is 1.15. The normalized spacial score (nSPS) is 13.1. The van der Waals surface area contributed by atoms with E-state index in [9.17, 15) is 5.11 Å². The molecule has 0 saturated heterocycles. The summed E-state index contributed by atoms with van der Waals surface area (Å²) in [6.07, 6.45) is 1.14. The van der Waals surface area contributed by atoms with Gasteiger partial charge in [-0.3, -0.25) is 0 Å². The molecule has 0 aliphatic heterocycles. The van der Waals surface area contributed by atoms with Crippen molar-refractivity contribution in [2.75, 3.05) is 6.61 Å². The maximum atomic E-state index is 9.51. The first-order valence-electron chi connectivity index (χ1n) is 4.50. The molecule has 0 fully saturated rings. The van der Waals surface area contributed by atoms with E-state index in [4.69, 9.17) is 16.3 Å². The highest BCUT2D eigenvalue weighted by atomic mass is 79.9. The van der Waals surface area contributed by atoms with Crippen LogP contribution in [0.4, 0.5) is 0 Å². The minimum atomic E-state index is -0.548. The zero-order valence-electron chi connectivity index (χ0n) is 8.28. The van der Waals surface area contributed by atoms with Crippen LogP contribution in [0.15, 0.2) is 34.3 Å². The molecule has 0 saturated carbocycles. The lowest BCUT2D eigenvalue weighted by molar-refractivity contribution is 0.193. The highest BCUT2D eigenvalue weighted by Gasteiger charge is 2.08. The molecule has 82 valence electrons. The van der Waals surface area contributed by atoms with Gasteiger partial charge in [0.05, 0.1) is 6.10 Å². The summed E-state index contributed by atoms with van der Waals surface area (Å²) >= 11 is 8.73. The van der Waals surface area contributed by atoms with Crippen molar-refractivity contribution in [3.05, 3.63) is 39.8 Å². The molecule has 0 heterocycles. The highest BCUT2D eigenvalue weighted by molar-refractivity contribution is 9.10. The van der Waals surface area contributed by atoms with Crippen LogP contribution in [0.3, 0.4) is 0 Å². The standard InChI is InChI=1S/C11H12BrClO2/c1-8(14)10-4-3-9(12)7-11(10)15-6-2-5-13/h2-5,7-8,14H,6H2,1H3/b5-2+/t8-/m1/s1. The van der Waals surface area contributed by atoms with E-state index in [1.54, 1.807) is 13.0 Å². The van der Waals surface area contributed by atoms with Gasteiger partial charge >= 0.3 is 0 Å². The SMILES string of the molecule is C[C@@H](O)c1ccc(Br)cc1OC/C=C/Cl. The van der Waals surface area contributed by atoms with E-state index < -0.39 is 6.10 Å². The summed E-state index contributed by atoms with van der Waals surface area (Å²) in [6.45, 7) is 2.09. The minimum absolute atomic E-state index is 0.389. The molecule has 0 radical (unpaired) electrons. The third kappa shape index (κ3) is 3.86. The zero-order chi connectivity index (χ0) is 11.3. The van der Waals surface area contributed by atoms with Crippen molar-refractivity contribution < 1.29 is 9.84 Å². The van der Waals surface area contributed by atoms with Gasteiger partial charge in [0.25, 0.3) is 0 Å². The molecule has 0 aliphatic rings. The molecule has 1 atom stereocenters. The third-order valence-corrected chi connectivity index (χ3v) is 2.52. The Morgan fingerprint density at radius 1 is 1.60 bits per heavy atom. The molecule has 1 aromatic carbocycles. The van der Waals surface area contributed by atoms with Crippen LogP contribution >= 0.6 is 27.5 Å². The van der Waals surface area contributed by atoms with Crippen molar-refractivity contribution in [3.8, 4) is 5.75 Å². The number of benzene rings is 1. The van der Waals surface area contributed by atoms with Crippen molar-refractivity contribution in [3.63, 3.8) is 0 Å². The Bertz CT molecular complexity index is 350. The van der Waals surface area contributed by atoms with Crippen molar-refractivity contribution in [2.45, 2.75) is 13.0 Å². The predicted octanol–water partition coefficient (Wildman–Crippen LogP) is 3.63. The molecule has 4 heteroatoms. The second kappa shape index (κ2) is 6.16. The van der Waals surface area contributed by atoms with E-state index in [0.29, 0.717) is 12.4 Å². The van der Waals surface area contributed by atoms with Crippen molar-refractivity contribution in [1.29, 1.82) is 0 Å². The summed E-state index contributed by atoms with van der Waals surface area (Å²) in [7, 11) is 0. The topological polar surface area (TPSA) is 29.5 Å². The van der Waals surface area contributed by atoms with Gasteiger partial charge in [0.2, 0.25) is 0 Å². The van der Waals surface area contributed by atoms with Gasteiger partial charge in [-0.2, -0.15) is 0 Å². The van der Waals surface area contributed by atoms with Crippen molar-refractivity contribution >= 4 is 27.5 Å². The quantitative estimate of drug-likeness (QED) is 0.918. The maximum absolute atomic E-state index is 9.51. The number of hydrogen-bond acceptors (Lipinski definition) is 2. The van der Waals surface area contributed by atoms with Crippen LogP contribution in [-0.4, -0.2) is 11.7 Å². The number of ether oxygens (including phenoxy) is 1. The molecule has 1 aromatic rings. The molecule has 1 rings (SSSR count). The van der Waals surface area contributed by atoms with Gasteiger partial charge in [-0.25, -0.2) is 0 Å². The smallest absolute Gasteiger partial charge is 0.126 e. The van der Waals surface area contributed by atoms with Crippen LogP contribution in [0.1, 0.15) is 18.6 Å². The van der Waals surface area contributed by atoms with Gasteiger partial charge < -0.3 is 9.84 Å². The van der Waals surface area contributed by atoms with Crippen LogP contribution in [-0.2, 0) is 0 Å². The van der Waals surface area contributed by atoms with Crippen molar-refractivity contribution in [1.82, 2.24) is 0 Å². The van der Waals surface area contributed by atoms with Crippen LogP contribution in [0.25, 0.3) is 0 Å². The first-order valence-corrected chi connectivity index (χ1v) is 5.73. The van der Waals surface area contributed by atoms with E-state index in [1.807, 2.05) is 18.2 Å².